The van der Waals surface area contributed by atoms with E-state index in [2.05, 4.69) is 10.3 Å². The highest BCUT2D eigenvalue weighted by Crippen LogP contribution is 2.20. The van der Waals surface area contributed by atoms with Crippen molar-refractivity contribution in [1.82, 2.24) is 14.9 Å². The molecule has 118 valence electrons. The Morgan fingerprint density at radius 2 is 2.09 bits per heavy atom. The van der Waals surface area contributed by atoms with Crippen molar-refractivity contribution in [3.63, 3.8) is 0 Å². The fourth-order valence-corrected chi connectivity index (χ4v) is 2.05. The van der Waals surface area contributed by atoms with Crippen molar-refractivity contribution in [3.05, 3.63) is 59.7 Å². The van der Waals surface area contributed by atoms with Gasteiger partial charge in [-0.05, 0) is 19.1 Å². The third kappa shape index (κ3) is 3.23. The normalized spacial score (nSPS) is 10.5. The van der Waals surface area contributed by atoms with Crippen molar-refractivity contribution in [2.75, 3.05) is 7.11 Å². The zero-order valence-corrected chi connectivity index (χ0v) is 12.7. The number of benzene rings is 1. The van der Waals surface area contributed by atoms with E-state index in [1.165, 1.54) is 7.11 Å². The summed E-state index contributed by atoms with van der Waals surface area (Å²) in [5.41, 5.74) is 1.64. The van der Waals surface area contributed by atoms with Gasteiger partial charge >= 0.3 is 5.97 Å². The molecule has 7 heteroatoms. The maximum Gasteiger partial charge on any atom is 0.363 e. The molecule has 0 aliphatic rings. The first-order valence-corrected chi connectivity index (χ1v) is 6.96. The van der Waals surface area contributed by atoms with Crippen LogP contribution in [0.15, 0.2) is 47.1 Å². The number of hydrogen-bond acceptors (Lipinski definition) is 6. The van der Waals surface area contributed by atoms with Crippen molar-refractivity contribution in [2.45, 2.75) is 13.5 Å². The van der Waals surface area contributed by atoms with Gasteiger partial charge < -0.3 is 14.0 Å². The van der Waals surface area contributed by atoms with Gasteiger partial charge in [-0.2, -0.15) is 5.10 Å². The lowest BCUT2D eigenvalue weighted by molar-refractivity contribution is 0.0426. The first-order valence-electron chi connectivity index (χ1n) is 6.96. The number of hydrogen-bond donors (Lipinski definition) is 0. The number of aryl methyl sites for hydroxylation is 1. The van der Waals surface area contributed by atoms with Crippen LogP contribution in [0.1, 0.15) is 21.9 Å². The highest BCUT2D eigenvalue weighted by Gasteiger charge is 2.20. The molecule has 3 rings (SSSR count). The summed E-state index contributed by atoms with van der Waals surface area (Å²) in [6.45, 7) is 1.78. The maximum atomic E-state index is 12.2. The van der Waals surface area contributed by atoms with E-state index in [4.69, 9.17) is 14.0 Å². The van der Waals surface area contributed by atoms with Crippen LogP contribution in [0.4, 0.5) is 0 Å². The number of ether oxygens (including phenoxy) is 2. The molecule has 0 N–H and O–H groups in total. The number of aromatic nitrogens is 3. The molecule has 0 aliphatic carbocycles. The molecule has 0 saturated heterocycles. The molecule has 0 spiro atoms. The SMILES string of the molecule is COc1cn(-c2ccccc2)nc1C(=O)OCc1cc(C)no1. The zero-order chi connectivity index (χ0) is 16.2. The van der Waals surface area contributed by atoms with Gasteiger partial charge in [0.05, 0.1) is 24.7 Å². The Morgan fingerprint density at radius 1 is 1.30 bits per heavy atom. The number of methoxy groups -OCH3 is 1. The van der Waals surface area contributed by atoms with Gasteiger partial charge in [0, 0.05) is 6.07 Å². The fraction of sp³-hybridized carbons (Fsp3) is 0.188. The van der Waals surface area contributed by atoms with E-state index in [0.717, 1.165) is 11.4 Å². The molecule has 0 radical (unpaired) electrons. The third-order valence-corrected chi connectivity index (χ3v) is 3.14. The predicted octanol–water partition coefficient (Wildman–Crippen LogP) is 2.53. The number of carbonyl (C=O) groups is 1. The van der Waals surface area contributed by atoms with Crippen LogP contribution in [0, 0.1) is 6.92 Å². The summed E-state index contributed by atoms with van der Waals surface area (Å²) >= 11 is 0. The topological polar surface area (TPSA) is 79.4 Å². The van der Waals surface area contributed by atoms with Gasteiger partial charge in [-0.25, -0.2) is 9.48 Å². The number of para-hydroxylation sites is 1. The Balaban J connectivity index is 1.78. The highest BCUT2D eigenvalue weighted by molar-refractivity contribution is 5.90. The molecule has 0 bridgehead atoms. The molecule has 0 unspecified atom stereocenters. The average molecular weight is 313 g/mol. The molecule has 3 aromatic rings. The zero-order valence-electron chi connectivity index (χ0n) is 12.7. The van der Waals surface area contributed by atoms with Crippen molar-refractivity contribution < 1.29 is 18.8 Å². The largest absolute Gasteiger partial charge is 0.493 e. The lowest BCUT2D eigenvalue weighted by Gasteiger charge is -2.01. The van der Waals surface area contributed by atoms with Crippen LogP contribution in [-0.2, 0) is 11.3 Å². The van der Waals surface area contributed by atoms with Crippen LogP contribution in [0.25, 0.3) is 5.69 Å². The molecule has 0 aliphatic heterocycles. The van der Waals surface area contributed by atoms with Crippen LogP contribution in [0.2, 0.25) is 0 Å². The number of carbonyl (C=O) groups excluding carboxylic acids is 1. The average Bonchev–Trinajstić information content (AvgIpc) is 3.19. The van der Waals surface area contributed by atoms with Gasteiger partial charge in [-0.1, -0.05) is 23.4 Å². The summed E-state index contributed by atoms with van der Waals surface area (Å²) in [5, 5.41) is 7.97. The fourth-order valence-electron chi connectivity index (χ4n) is 2.05. The molecular formula is C16H15N3O4. The van der Waals surface area contributed by atoms with Crippen molar-refractivity contribution in [2.24, 2.45) is 0 Å². The minimum absolute atomic E-state index is 0.0129. The molecule has 0 saturated carbocycles. The third-order valence-electron chi connectivity index (χ3n) is 3.14. The lowest BCUT2D eigenvalue weighted by atomic mass is 10.3. The van der Waals surface area contributed by atoms with Gasteiger partial charge in [0.25, 0.3) is 0 Å². The number of nitrogens with zero attached hydrogens (tertiary/aromatic N) is 3. The number of rotatable bonds is 5. The predicted molar refractivity (Wildman–Crippen MR) is 80.5 cm³/mol. The number of esters is 1. The van der Waals surface area contributed by atoms with E-state index in [9.17, 15) is 4.79 Å². The van der Waals surface area contributed by atoms with Crippen LogP contribution < -0.4 is 4.74 Å². The van der Waals surface area contributed by atoms with Crippen LogP contribution in [-0.4, -0.2) is 28.0 Å². The summed E-state index contributed by atoms with van der Waals surface area (Å²) in [6, 6.07) is 11.1. The summed E-state index contributed by atoms with van der Waals surface area (Å²) < 4.78 is 17.0. The molecule has 1 aromatic carbocycles. The van der Waals surface area contributed by atoms with E-state index < -0.39 is 5.97 Å². The van der Waals surface area contributed by atoms with Gasteiger partial charge in [0.1, 0.15) is 0 Å². The Morgan fingerprint density at radius 3 is 2.74 bits per heavy atom. The summed E-state index contributed by atoms with van der Waals surface area (Å²) in [4.78, 5) is 12.2. The molecule has 2 aromatic heterocycles. The van der Waals surface area contributed by atoms with Crippen LogP contribution in [0.5, 0.6) is 5.75 Å². The van der Waals surface area contributed by atoms with Crippen molar-refractivity contribution in [1.29, 1.82) is 0 Å². The van der Waals surface area contributed by atoms with Crippen molar-refractivity contribution in [3.8, 4) is 11.4 Å². The molecule has 0 amide bonds. The second kappa shape index (κ2) is 6.35. The minimum Gasteiger partial charge on any atom is -0.493 e. The van der Waals surface area contributed by atoms with Gasteiger partial charge in [0.15, 0.2) is 18.1 Å². The Hall–Kier alpha value is -3.09. The standard InChI is InChI=1S/C16H15N3O4/c1-11-8-13(23-18-11)10-22-16(20)15-14(21-2)9-19(17-15)12-6-4-3-5-7-12/h3-9H,10H2,1-2H3. The van der Waals surface area contributed by atoms with Gasteiger partial charge in [0.2, 0.25) is 5.69 Å². The molecular weight excluding hydrogens is 298 g/mol. The monoisotopic (exact) mass is 313 g/mol. The summed E-state index contributed by atoms with van der Waals surface area (Å²) in [7, 11) is 1.48. The van der Waals surface area contributed by atoms with Gasteiger partial charge in [-0.15, -0.1) is 0 Å². The first kappa shape index (κ1) is 14.8. The quantitative estimate of drug-likeness (QED) is 0.673. The van der Waals surface area contributed by atoms with Crippen LogP contribution in [0.3, 0.4) is 0 Å². The van der Waals surface area contributed by atoms with Gasteiger partial charge in [-0.3, -0.25) is 0 Å². The molecule has 0 fully saturated rings. The van der Waals surface area contributed by atoms with E-state index in [-0.39, 0.29) is 12.3 Å². The van der Waals surface area contributed by atoms with E-state index in [0.29, 0.717) is 11.5 Å². The van der Waals surface area contributed by atoms with Crippen LogP contribution >= 0.6 is 0 Å². The Labute approximate surface area is 132 Å². The second-order valence-corrected chi connectivity index (χ2v) is 4.84. The summed E-state index contributed by atoms with van der Waals surface area (Å²) in [5.74, 6) is 0.218. The maximum absolute atomic E-state index is 12.2. The Bertz CT molecular complexity index is 808. The summed E-state index contributed by atoms with van der Waals surface area (Å²) in [6.07, 6.45) is 1.63. The molecule has 2 heterocycles. The molecule has 23 heavy (non-hydrogen) atoms. The first-order chi connectivity index (χ1) is 11.2. The van der Waals surface area contributed by atoms with E-state index in [1.54, 1.807) is 23.9 Å². The Kier molecular flexibility index (Phi) is 4.09. The second-order valence-electron chi connectivity index (χ2n) is 4.84. The smallest absolute Gasteiger partial charge is 0.363 e. The van der Waals surface area contributed by atoms with E-state index >= 15 is 0 Å². The highest BCUT2D eigenvalue weighted by atomic mass is 16.6. The van der Waals surface area contributed by atoms with Crippen molar-refractivity contribution >= 4 is 5.97 Å². The molecule has 7 nitrogen and oxygen atoms in total. The molecule has 0 atom stereocenters. The minimum atomic E-state index is -0.592. The van der Waals surface area contributed by atoms with E-state index in [1.807, 2.05) is 30.3 Å². The lowest BCUT2D eigenvalue weighted by Crippen LogP contribution is -2.08.